The van der Waals surface area contributed by atoms with E-state index in [1.54, 1.807) is 0 Å². The van der Waals surface area contributed by atoms with Gasteiger partial charge in [0.05, 0.1) is 0 Å². The lowest BCUT2D eigenvalue weighted by atomic mass is 9.82. The highest BCUT2D eigenvalue weighted by Crippen LogP contribution is 2.50. The van der Waals surface area contributed by atoms with Crippen molar-refractivity contribution in [2.24, 2.45) is 5.73 Å². The molecule has 0 spiro atoms. The Kier molecular flexibility index (Phi) is 3.14. The predicted molar refractivity (Wildman–Crippen MR) is 76.0 cm³/mol. The Labute approximate surface area is 119 Å². The van der Waals surface area contributed by atoms with E-state index in [2.05, 4.69) is 13.8 Å². The number of hydrogen-bond acceptors (Lipinski definition) is 3. The van der Waals surface area contributed by atoms with Crippen molar-refractivity contribution in [3.8, 4) is 11.5 Å². The Bertz CT molecular complexity index is 507. The van der Waals surface area contributed by atoms with Crippen LogP contribution < -0.4 is 15.2 Å². The molecule has 2 N–H and O–H groups in total. The summed E-state index contributed by atoms with van der Waals surface area (Å²) in [6.07, 6.45) is 4.32. The summed E-state index contributed by atoms with van der Waals surface area (Å²) in [4.78, 5) is 0. The minimum Gasteiger partial charge on any atom is -0.454 e. The average molecular weight is 282 g/mol. The largest absolute Gasteiger partial charge is 0.454 e. The van der Waals surface area contributed by atoms with Gasteiger partial charge in [-0.3, -0.25) is 0 Å². The molecular formula is C15H20ClNO2. The lowest BCUT2D eigenvalue weighted by Gasteiger charge is -2.30. The van der Waals surface area contributed by atoms with Gasteiger partial charge in [-0.15, -0.1) is 0 Å². The van der Waals surface area contributed by atoms with Crippen LogP contribution in [0.25, 0.3) is 0 Å². The topological polar surface area (TPSA) is 44.5 Å². The fourth-order valence-electron chi connectivity index (χ4n) is 3.35. The second kappa shape index (κ2) is 4.57. The van der Waals surface area contributed by atoms with Gasteiger partial charge in [0.15, 0.2) is 11.5 Å². The van der Waals surface area contributed by atoms with E-state index < -0.39 is 0 Å². The lowest BCUT2D eigenvalue weighted by Crippen LogP contribution is -2.35. The van der Waals surface area contributed by atoms with Crippen molar-refractivity contribution in [2.75, 3.05) is 6.79 Å². The van der Waals surface area contributed by atoms with Crippen LogP contribution in [0.2, 0.25) is 5.02 Å². The molecule has 0 aromatic heterocycles. The highest BCUT2D eigenvalue weighted by molar-refractivity contribution is 6.31. The van der Waals surface area contributed by atoms with Gasteiger partial charge >= 0.3 is 0 Å². The van der Waals surface area contributed by atoms with Crippen molar-refractivity contribution in [1.82, 2.24) is 0 Å². The van der Waals surface area contributed by atoms with Crippen LogP contribution >= 0.6 is 11.6 Å². The Hall–Kier alpha value is -0.930. The van der Waals surface area contributed by atoms with E-state index >= 15 is 0 Å². The Morgan fingerprint density at radius 2 is 1.95 bits per heavy atom. The maximum absolute atomic E-state index is 6.63. The van der Waals surface area contributed by atoms with Gasteiger partial charge in [0.1, 0.15) is 0 Å². The van der Waals surface area contributed by atoms with Gasteiger partial charge in [0.25, 0.3) is 0 Å². The molecule has 0 amide bonds. The number of nitrogens with two attached hydrogens (primary N) is 1. The molecule has 4 heteroatoms. The first-order chi connectivity index (χ1) is 9.03. The van der Waals surface area contributed by atoms with Crippen molar-refractivity contribution in [2.45, 2.75) is 51.0 Å². The van der Waals surface area contributed by atoms with Crippen LogP contribution in [0.5, 0.6) is 11.5 Å². The van der Waals surface area contributed by atoms with E-state index in [1.165, 1.54) is 12.8 Å². The summed E-state index contributed by atoms with van der Waals surface area (Å²) < 4.78 is 11.1. The molecule has 1 aromatic carbocycles. The number of rotatable bonds is 2. The van der Waals surface area contributed by atoms with E-state index in [4.69, 9.17) is 26.8 Å². The van der Waals surface area contributed by atoms with Gasteiger partial charge in [0.2, 0.25) is 6.79 Å². The van der Waals surface area contributed by atoms with Crippen LogP contribution in [-0.2, 0) is 5.54 Å². The zero-order valence-electron chi connectivity index (χ0n) is 11.5. The molecular weight excluding hydrogens is 262 g/mol. The molecule has 2 aliphatic rings. The average Bonchev–Trinajstić information content (AvgIpc) is 2.95. The van der Waals surface area contributed by atoms with E-state index in [1.807, 2.05) is 6.07 Å². The molecule has 1 aliphatic carbocycles. The van der Waals surface area contributed by atoms with Crippen molar-refractivity contribution >= 4 is 11.6 Å². The molecule has 0 saturated heterocycles. The van der Waals surface area contributed by atoms with Gasteiger partial charge in [-0.25, -0.2) is 0 Å². The summed E-state index contributed by atoms with van der Waals surface area (Å²) in [5.41, 5.74) is 8.53. The maximum Gasteiger partial charge on any atom is 0.231 e. The van der Waals surface area contributed by atoms with Gasteiger partial charge < -0.3 is 15.2 Å². The molecule has 0 unspecified atom stereocenters. The second-order valence-electron chi connectivity index (χ2n) is 5.90. The van der Waals surface area contributed by atoms with Gasteiger partial charge in [-0.2, -0.15) is 0 Å². The molecule has 1 heterocycles. The summed E-state index contributed by atoms with van der Waals surface area (Å²) in [6, 6.07) is 1.86. The monoisotopic (exact) mass is 281 g/mol. The van der Waals surface area contributed by atoms with Gasteiger partial charge in [0, 0.05) is 22.2 Å². The third-order valence-electron chi connectivity index (χ3n) is 4.22. The first-order valence-corrected chi connectivity index (χ1v) is 7.32. The Balaban J connectivity index is 2.23. The molecule has 104 valence electrons. The molecule has 1 aromatic rings. The molecule has 1 aliphatic heterocycles. The first kappa shape index (κ1) is 13.1. The van der Waals surface area contributed by atoms with E-state index in [9.17, 15) is 0 Å². The van der Waals surface area contributed by atoms with Crippen molar-refractivity contribution in [3.63, 3.8) is 0 Å². The number of fused-ring (bicyclic) bond motifs is 1. The van der Waals surface area contributed by atoms with Crippen LogP contribution in [0.1, 0.15) is 56.6 Å². The highest BCUT2D eigenvalue weighted by Gasteiger charge is 2.38. The van der Waals surface area contributed by atoms with Crippen LogP contribution in [0, 0.1) is 0 Å². The smallest absolute Gasteiger partial charge is 0.231 e. The Morgan fingerprint density at radius 3 is 2.58 bits per heavy atom. The Morgan fingerprint density at radius 1 is 1.26 bits per heavy atom. The minimum atomic E-state index is -0.308. The maximum atomic E-state index is 6.63. The summed E-state index contributed by atoms with van der Waals surface area (Å²) >= 11 is 6.51. The summed E-state index contributed by atoms with van der Waals surface area (Å²) in [5.74, 6) is 1.90. The molecule has 3 rings (SSSR count). The van der Waals surface area contributed by atoms with Crippen LogP contribution in [0.4, 0.5) is 0 Å². The SMILES string of the molecule is CC(C)c1c2c(cc(Cl)c1C1(N)CCCC1)OCO2. The van der Waals surface area contributed by atoms with E-state index in [-0.39, 0.29) is 12.3 Å². The third kappa shape index (κ3) is 2.00. The van der Waals surface area contributed by atoms with Crippen molar-refractivity contribution in [3.05, 3.63) is 22.2 Å². The van der Waals surface area contributed by atoms with E-state index in [0.717, 1.165) is 40.5 Å². The quantitative estimate of drug-likeness (QED) is 0.893. The van der Waals surface area contributed by atoms with Crippen molar-refractivity contribution < 1.29 is 9.47 Å². The zero-order chi connectivity index (χ0) is 13.6. The first-order valence-electron chi connectivity index (χ1n) is 6.94. The van der Waals surface area contributed by atoms with Crippen molar-refractivity contribution in [1.29, 1.82) is 0 Å². The number of hydrogen-bond donors (Lipinski definition) is 1. The summed E-state index contributed by atoms with van der Waals surface area (Å²) in [5, 5.41) is 0.720. The molecule has 0 atom stereocenters. The van der Waals surface area contributed by atoms with Gasteiger partial charge in [-0.1, -0.05) is 38.3 Å². The van der Waals surface area contributed by atoms with Gasteiger partial charge in [-0.05, 0) is 24.3 Å². The van der Waals surface area contributed by atoms with Crippen LogP contribution in [0.3, 0.4) is 0 Å². The normalized spacial score (nSPS) is 20.3. The standard InChI is InChI=1S/C15H20ClNO2/c1-9(2)12-13(15(17)5-3-4-6-15)10(16)7-11-14(12)19-8-18-11/h7,9H,3-6,8,17H2,1-2H3. The molecule has 3 nitrogen and oxygen atoms in total. The molecule has 0 radical (unpaired) electrons. The zero-order valence-corrected chi connectivity index (χ0v) is 12.2. The molecule has 1 fully saturated rings. The molecule has 0 bridgehead atoms. The number of halogens is 1. The summed E-state index contributed by atoms with van der Waals surface area (Å²) in [6.45, 7) is 4.57. The minimum absolute atomic E-state index is 0.270. The fraction of sp³-hybridized carbons (Fsp3) is 0.600. The number of benzene rings is 1. The third-order valence-corrected chi connectivity index (χ3v) is 4.52. The highest BCUT2D eigenvalue weighted by atomic mass is 35.5. The number of ether oxygens (including phenoxy) is 2. The predicted octanol–water partition coefficient (Wildman–Crippen LogP) is 3.92. The van der Waals surface area contributed by atoms with E-state index in [0.29, 0.717) is 5.92 Å². The second-order valence-corrected chi connectivity index (χ2v) is 6.31. The molecule has 19 heavy (non-hydrogen) atoms. The van der Waals surface area contributed by atoms with Crippen LogP contribution in [0.15, 0.2) is 6.07 Å². The molecule has 1 saturated carbocycles. The lowest BCUT2D eigenvalue weighted by molar-refractivity contribution is 0.173. The fourth-order valence-corrected chi connectivity index (χ4v) is 3.74. The van der Waals surface area contributed by atoms with Crippen LogP contribution in [-0.4, -0.2) is 6.79 Å². The summed E-state index contributed by atoms with van der Waals surface area (Å²) in [7, 11) is 0.